The maximum absolute atomic E-state index is 2.34. The molecular weight excluding hydrogens is 132 g/mol. The average Bonchev–Trinajstić information content (AvgIpc) is 2.11. The van der Waals surface area contributed by atoms with Crippen molar-refractivity contribution in [2.75, 3.05) is 0 Å². The summed E-state index contributed by atoms with van der Waals surface area (Å²) in [5.41, 5.74) is 0. The highest BCUT2D eigenvalue weighted by atomic mass is 14.1. The van der Waals surface area contributed by atoms with Crippen LogP contribution < -0.4 is 0 Å². The summed E-state index contributed by atoms with van der Waals surface area (Å²) in [6.45, 7) is 6.28. The third-order valence-electron chi connectivity index (χ3n) is 2.07. The summed E-state index contributed by atoms with van der Waals surface area (Å²) in [5, 5.41) is 0. The Bertz CT molecular complexity index is 92.2. The zero-order valence-corrected chi connectivity index (χ0v) is 8.27. The SMILES string of the molecule is CC.CCCC1CC=CCC1. The molecule has 11 heavy (non-hydrogen) atoms. The molecule has 66 valence electrons. The van der Waals surface area contributed by atoms with E-state index in [-0.39, 0.29) is 0 Å². The minimum Gasteiger partial charge on any atom is -0.0885 e. The molecule has 0 nitrogen and oxygen atoms in total. The maximum Gasteiger partial charge on any atom is -0.0322 e. The van der Waals surface area contributed by atoms with Crippen LogP contribution in [-0.4, -0.2) is 0 Å². The second kappa shape index (κ2) is 7.84. The number of hydrogen-bond donors (Lipinski definition) is 0. The van der Waals surface area contributed by atoms with E-state index in [1.54, 1.807) is 0 Å². The fourth-order valence-corrected chi connectivity index (χ4v) is 1.53. The van der Waals surface area contributed by atoms with E-state index >= 15 is 0 Å². The van der Waals surface area contributed by atoms with Gasteiger partial charge in [0.2, 0.25) is 0 Å². The van der Waals surface area contributed by atoms with Crippen LogP contribution in [0.15, 0.2) is 12.2 Å². The Kier molecular flexibility index (Phi) is 7.66. The Labute approximate surface area is 71.7 Å². The lowest BCUT2D eigenvalue weighted by molar-refractivity contribution is 0.441. The van der Waals surface area contributed by atoms with Crippen LogP contribution in [0.3, 0.4) is 0 Å². The Morgan fingerprint density at radius 2 is 2.00 bits per heavy atom. The van der Waals surface area contributed by atoms with Crippen molar-refractivity contribution in [2.24, 2.45) is 5.92 Å². The average molecular weight is 154 g/mol. The molecule has 1 aliphatic carbocycles. The Morgan fingerprint density at radius 1 is 1.27 bits per heavy atom. The lowest BCUT2D eigenvalue weighted by Crippen LogP contribution is -2.00. The smallest absolute Gasteiger partial charge is 0.0322 e. The normalized spacial score (nSPS) is 22.3. The predicted molar refractivity (Wildman–Crippen MR) is 52.7 cm³/mol. The number of rotatable bonds is 2. The molecule has 0 N–H and O–H groups in total. The van der Waals surface area contributed by atoms with Crippen molar-refractivity contribution in [1.82, 2.24) is 0 Å². The maximum atomic E-state index is 2.34. The van der Waals surface area contributed by atoms with Crippen LogP contribution in [0.1, 0.15) is 52.9 Å². The van der Waals surface area contributed by atoms with Gasteiger partial charge in [0.05, 0.1) is 0 Å². The van der Waals surface area contributed by atoms with Gasteiger partial charge in [0.1, 0.15) is 0 Å². The van der Waals surface area contributed by atoms with Gasteiger partial charge >= 0.3 is 0 Å². The van der Waals surface area contributed by atoms with Crippen molar-refractivity contribution in [3.63, 3.8) is 0 Å². The summed E-state index contributed by atoms with van der Waals surface area (Å²) in [6.07, 6.45) is 11.5. The molecule has 1 rings (SSSR count). The highest BCUT2D eigenvalue weighted by molar-refractivity contribution is 4.89. The van der Waals surface area contributed by atoms with Gasteiger partial charge in [-0.05, 0) is 25.2 Å². The van der Waals surface area contributed by atoms with Crippen molar-refractivity contribution in [3.8, 4) is 0 Å². The molecule has 0 amide bonds. The van der Waals surface area contributed by atoms with Crippen molar-refractivity contribution < 1.29 is 0 Å². The van der Waals surface area contributed by atoms with Crippen LogP contribution in [0.2, 0.25) is 0 Å². The van der Waals surface area contributed by atoms with Crippen LogP contribution in [0, 0.1) is 5.92 Å². The molecule has 0 aliphatic heterocycles. The van der Waals surface area contributed by atoms with Crippen LogP contribution in [0.4, 0.5) is 0 Å². The standard InChI is InChI=1S/C9H16.C2H6/c1-2-6-9-7-4-3-5-8-9;1-2/h3-4,9H,2,5-8H2,1H3;1-2H3. The monoisotopic (exact) mass is 154 g/mol. The largest absolute Gasteiger partial charge is 0.0885 e. The van der Waals surface area contributed by atoms with Crippen molar-refractivity contribution in [3.05, 3.63) is 12.2 Å². The van der Waals surface area contributed by atoms with E-state index in [0.29, 0.717) is 0 Å². The zero-order valence-electron chi connectivity index (χ0n) is 8.27. The molecule has 0 heteroatoms. The summed E-state index contributed by atoms with van der Waals surface area (Å²) in [7, 11) is 0. The second-order valence-electron chi connectivity index (χ2n) is 2.94. The third-order valence-corrected chi connectivity index (χ3v) is 2.07. The molecule has 0 heterocycles. The molecule has 0 radical (unpaired) electrons. The van der Waals surface area contributed by atoms with Gasteiger partial charge in [-0.3, -0.25) is 0 Å². The lowest BCUT2D eigenvalue weighted by atomic mass is 9.91. The van der Waals surface area contributed by atoms with Crippen LogP contribution in [0.25, 0.3) is 0 Å². The van der Waals surface area contributed by atoms with Crippen LogP contribution in [0.5, 0.6) is 0 Å². The van der Waals surface area contributed by atoms with Crippen LogP contribution in [-0.2, 0) is 0 Å². The van der Waals surface area contributed by atoms with E-state index in [1.165, 1.54) is 32.1 Å². The van der Waals surface area contributed by atoms with Crippen molar-refractivity contribution in [2.45, 2.75) is 52.9 Å². The predicted octanol–water partition coefficient (Wildman–Crippen LogP) is 4.17. The number of allylic oxidation sites excluding steroid dienone is 2. The van der Waals surface area contributed by atoms with Gasteiger partial charge in [-0.15, -0.1) is 0 Å². The molecule has 0 saturated heterocycles. The molecule has 0 saturated carbocycles. The molecule has 0 spiro atoms. The van der Waals surface area contributed by atoms with Gasteiger partial charge in [0.25, 0.3) is 0 Å². The van der Waals surface area contributed by atoms with Gasteiger partial charge in [0, 0.05) is 0 Å². The van der Waals surface area contributed by atoms with E-state index in [4.69, 9.17) is 0 Å². The molecule has 0 bridgehead atoms. The van der Waals surface area contributed by atoms with Crippen LogP contribution >= 0.6 is 0 Å². The van der Waals surface area contributed by atoms with E-state index < -0.39 is 0 Å². The topological polar surface area (TPSA) is 0 Å². The summed E-state index contributed by atoms with van der Waals surface area (Å²) < 4.78 is 0. The molecule has 0 fully saturated rings. The Morgan fingerprint density at radius 3 is 2.45 bits per heavy atom. The number of hydrogen-bond acceptors (Lipinski definition) is 0. The Balaban J connectivity index is 0.000000461. The van der Waals surface area contributed by atoms with Gasteiger partial charge in [-0.25, -0.2) is 0 Å². The quantitative estimate of drug-likeness (QED) is 0.524. The molecular formula is C11H22. The van der Waals surface area contributed by atoms with Crippen molar-refractivity contribution >= 4 is 0 Å². The van der Waals surface area contributed by atoms with Gasteiger partial charge < -0.3 is 0 Å². The molecule has 0 aromatic carbocycles. The zero-order chi connectivity index (χ0) is 8.53. The minimum absolute atomic E-state index is 1.01. The molecule has 0 aromatic rings. The highest BCUT2D eigenvalue weighted by Crippen LogP contribution is 2.22. The fourth-order valence-electron chi connectivity index (χ4n) is 1.53. The van der Waals surface area contributed by atoms with Crippen molar-refractivity contribution in [1.29, 1.82) is 0 Å². The highest BCUT2D eigenvalue weighted by Gasteiger charge is 2.06. The molecule has 1 aliphatic rings. The van der Waals surface area contributed by atoms with E-state index in [0.717, 1.165) is 5.92 Å². The van der Waals surface area contributed by atoms with E-state index in [2.05, 4.69) is 19.1 Å². The summed E-state index contributed by atoms with van der Waals surface area (Å²) in [5.74, 6) is 1.01. The molecule has 1 atom stereocenters. The van der Waals surface area contributed by atoms with E-state index in [9.17, 15) is 0 Å². The van der Waals surface area contributed by atoms with Gasteiger partial charge in [-0.1, -0.05) is 45.8 Å². The van der Waals surface area contributed by atoms with E-state index in [1.807, 2.05) is 13.8 Å². The summed E-state index contributed by atoms with van der Waals surface area (Å²) in [6, 6.07) is 0. The second-order valence-corrected chi connectivity index (χ2v) is 2.94. The Hall–Kier alpha value is -0.260. The first-order chi connectivity index (χ1) is 5.43. The summed E-state index contributed by atoms with van der Waals surface area (Å²) in [4.78, 5) is 0. The van der Waals surface area contributed by atoms with Gasteiger partial charge in [0.15, 0.2) is 0 Å². The fraction of sp³-hybridized carbons (Fsp3) is 0.818. The first-order valence-corrected chi connectivity index (χ1v) is 5.08. The summed E-state index contributed by atoms with van der Waals surface area (Å²) >= 11 is 0. The first-order valence-electron chi connectivity index (χ1n) is 5.08. The third kappa shape index (κ3) is 5.06. The molecule has 1 unspecified atom stereocenters. The van der Waals surface area contributed by atoms with Gasteiger partial charge in [-0.2, -0.15) is 0 Å². The minimum atomic E-state index is 1.01. The molecule has 0 aromatic heterocycles. The lowest BCUT2D eigenvalue weighted by Gasteiger charge is -2.15. The first kappa shape index (κ1) is 10.7.